The molecule has 0 fully saturated rings. The van der Waals surface area contributed by atoms with E-state index >= 15 is 0 Å². The molecule has 0 N–H and O–H groups in total. The van der Waals surface area contributed by atoms with Crippen molar-refractivity contribution in [2.75, 3.05) is 20.8 Å². The van der Waals surface area contributed by atoms with Gasteiger partial charge in [-0.05, 0) is 36.2 Å². The van der Waals surface area contributed by atoms with Crippen molar-refractivity contribution in [3.63, 3.8) is 0 Å². The number of nitrogens with zero attached hydrogens (tertiary/aromatic N) is 3. The van der Waals surface area contributed by atoms with Crippen LogP contribution in [-0.2, 0) is 15.8 Å². The van der Waals surface area contributed by atoms with E-state index in [0.717, 1.165) is 17.4 Å². The molecule has 0 aliphatic carbocycles. The maximum absolute atomic E-state index is 12.6. The Morgan fingerprint density at radius 1 is 1.31 bits per heavy atom. The lowest BCUT2D eigenvalue weighted by atomic mass is 9.85. The van der Waals surface area contributed by atoms with Crippen LogP contribution >= 0.6 is 0 Å². The van der Waals surface area contributed by atoms with Crippen molar-refractivity contribution >= 4 is 21.2 Å². The van der Waals surface area contributed by atoms with Gasteiger partial charge in [0, 0.05) is 18.2 Å². The standard InChI is InChI=1S/C21H32N3O4Si/c1-15(20(21(2,3)4)28-29(7)8)13-24(19(25)12-23-22)14-16-9-10-17(26-5)11-18(16)27-6/h9-12,20H,1,13-14H2,2-8H3. The zero-order valence-electron chi connectivity index (χ0n) is 18.5. The van der Waals surface area contributed by atoms with E-state index in [-0.39, 0.29) is 24.6 Å². The Labute approximate surface area is 175 Å². The van der Waals surface area contributed by atoms with Gasteiger partial charge in [0.15, 0.2) is 0 Å². The molecule has 0 saturated heterocycles. The highest BCUT2D eigenvalue weighted by Gasteiger charge is 2.31. The summed E-state index contributed by atoms with van der Waals surface area (Å²) < 4.78 is 16.9. The van der Waals surface area contributed by atoms with E-state index in [4.69, 9.17) is 19.4 Å². The summed E-state index contributed by atoms with van der Waals surface area (Å²) in [5.41, 5.74) is 10.3. The van der Waals surface area contributed by atoms with Crippen LogP contribution in [0.25, 0.3) is 5.53 Å². The fourth-order valence-corrected chi connectivity index (χ4v) is 3.96. The highest BCUT2D eigenvalue weighted by molar-refractivity contribution is 6.48. The van der Waals surface area contributed by atoms with Gasteiger partial charge in [-0.3, -0.25) is 4.79 Å². The third-order valence-corrected chi connectivity index (χ3v) is 4.95. The van der Waals surface area contributed by atoms with Gasteiger partial charge in [0.1, 0.15) is 11.5 Å². The van der Waals surface area contributed by atoms with Gasteiger partial charge >= 0.3 is 12.1 Å². The third kappa shape index (κ3) is 7.49. The predicted octanol–water partition coefficient (Wildman–Crippen LogP) is 3.57. The van der Waals surface area contributed by atoms with Crippen molar-refractivity contribution in [3.05, 3.63) is 41.4 Å². The minimum atomic E-state index is -0.966. The lowest BCUT2D eigenvalue weighted by Gasteiger charge is -2.35. The summed E-state index contributed by atoms with van der Waals surface area (Å²) in [6.07, 6.45) is 0.677. The van der Waals surface area contributed by atoms with Crippen LogP contribution in [0.5, 0.6) is 11.5 Å². The Kier molecular flexibility index (Phi) is 9.30. The van der Waals surface area contributed by atoms with Crippen LogP contribution in [0.1, 0.15) is 26.3 Å². The van der Waals surface area contributed by atoms with Crippen LogP contribution < -0.4 is 9.47 Å². The molecule has 159 valence electrons. The Balaban J connectivity index is 3.18. The number of methoxy groups -OCH3 is 2. The van der Waals surface area contributed by atoms with Crippen LogP contribution in [-0.4, -0.2) is 57.7 Å². The van der Waals surface area contributed by atoms with Crippen LogP contribution in [0.2, 0.25) is 13.1 Å². The van der Waals surface area contributed by atoms with Crippen molar-refractivity contribution in [2.45, 2.75) is 46.5 Å². The lowest BCUT2D eigenvalue weighted by molar-refractivity contribution is -0.127. The molecule has 0 aliphatic rings. The molecule has 1 rings (SSSR count). The van der Waals surface area contributed by atoms with Crippen molar-refractivity contribution in [1.82, 2.24) is 4.90 Å². The molecule has 0 aromatic heterocycles. The SMILES string of the molecule is C=C(CN(Cc1ccc(OC)cc1OC)C(=O)C=[N+]=[N-])C(O[Si](C)C)C(C)(C)C. The Morgan fingerprint density at radius 2 is 1.97 bits per heavy atom. The number of amides is 1. The second-order valence-electron chi connectivity index (χ2n) is 8.05. The molecule has 0 spiro atoms. The van der Waals surface area contributed by atoms with Crippen LogP contribution in [0, 0.1) is 5.41 Å². The molecular weight excluding hydrogens is 386 g/mol. The van der Waals surface area contributed by atoms with E-state index in [9.17, 15) is 4.79 Å². The Morgan fingerprint density at radius 3 is 2.45 bits per heavy atom. The van der Waals surface area contributed by atoms with Gasteiger partial charge in [-0.15, -0.1) is 0 Å². The highest BCUT2D eigenvalue weighted by Crippen LogP contribution is 2.30. The zero-order valence-corrected chi connectivity index (χ0v) is 19.5. The topological polar surface area (TPSA) is 84.4 Å². The number of carbonyl (C=O) groups excluding carboxylic acids is 1. The average molecular weight is 419 g/mol. The van der Waals surface area contributed by atoms with Crippen molar-refractivity contribution in [1.29, 1.82) is 0 Å². The number of ether oxygens (including phenoxy) is 2. The Hall–Kier alpha value is -2.41. The molecular formula is C21H32N3O4Si. The summed E-state index contributed by atoms with van der Waals surface area (Å²) in [4.78, 5) is 17.0. The fraction of sp³-hybridized carbons (Fsp3) is 0.524. The van der Waals surface area contributed by atoms with Gasteiger partial charge < -0.3 is 24.3 Å². The molecule has 1 radical (unpaired) electrons. The van der Waals surface area contributed by atoms with Crippen LogP contribution in [0.4, 0.5) is 0 Å². The van der Waals surface area contributed by atoms with Gasteiger partial charge in [-0.25, -0.2) is 0 Å². The molecule has 1 unspecified atom stereocenters. The summed E-state index contributed by atoms with van der Waals surface area (Å²) in [6, 6.07) is 5.41. The first kappa shape index (κ1) is 24.6. The molecule has 1 amide bonds. The second kappa shape index (κ2) is 10.9. The van der Waals surface area contributed by atoms with E-state index in [2.05, 4.69) is 45.2 Å². The second-order valence-corrected chi connectivity index (χ2v) is 10.1. The first-order valence-electron chi connectivity index (χ1n) is 9.35. The molecule has 1 atom stereocenters. The molecule has 1 aromatic carbocycles. The fourth-order valence-electron chi connectivity index (χ4n) is 2.97. The van der Waals surface area contributed by atoms with Crippen LogP contribution in [0.15, 0.2) is 30.4 Å². The first-order valence-corrected chi connectivity index (χ1v) is 11.8. The third-order valence-electron chi connectivity index (χ3n) is 4.24. The minimum absolute atomic E-state index is 0.170. The van der Waals surface area contributed by atoms with Gasteiger partial charge in [-0.2, -0.15) is 4.79 Å². The van der Waals surface area contributed by atoms with Gasteiger partial charge in [0.2, 0.25) is 9.04 Å². The number of hydrogen-bond donors (Lipinski definition) is 0. The summed E-state index contributed by atoms with van der Waals surface area (Å²) in [7, 11) is 2.18. The van der Waals surface area contributed by atoms with E-state index in [1.807, 2.05) is 6.07 Å². The van der Waals surface area contributed by atoms with E-state index in [0.29, 0.717) is 11.5 Å². The molecule has 7 nitrogen and oxygen atoms in total. The van der Waals surface area contributed by atoms with E-state index in [1.54, 1.807) is 31.3 Å². The number of carbonyl (C=O) groups is 1. The van der Waals surface area contributed by atoms with Gasteiger partial charge in [-0.1, -0.05) is 27.4 Å². The largest absolute Gasteiger partial charge is 0.497 e. The normalized spacial score (nSPS) is 12.1. The first-order chi connectivity index (χ1) is 13.5. The molecule has 29 heavy (non-hydrogen) atoms. The van der Waals surface area contributed by atoms with Gasteiger partial charge in [0.05, 0.1) is 26.9 Å². The smallest absolute Gasteiger partial charge is 0.344 e. The van der Waals surface area contributed by atoms with Crippen molar-refractivity contribution in [2.24, 2.45) is 5.41 Å². The predicted molar refractivity (Wildman–Crippen MR) is 116 cm³/mol. The lowest BCUT2D eigenvalue weighted by Crippen LogP contribution is -2.41. The number of hydrogen-bond acceptors (Lipinski definition) is 4. The molecule has 0 bridgehead atoms. The van der Waals surface area contributed by atoms with Crippen molar-refractivity contribution < 1.29 is 23.5 Å². The average Bonchev–Trinajstić information content (AvgIpc) is 2.64. The molecule has 1 aromatic rings. The molecule has 0 saturated carbocycles. The number of rotatable bonds is 10. The summed E-state index contributed by atoms with van der Waals surface area (Å²) >= 11 is 0. The highest BCUT2D eigenvalue weighted by atomic mass is 28.3. The minimum Gasteiger partial charge on any atom is -0.497 e. The summed E-state index contributed by atoms with van der Waals surface area (Å²) in [5, 5.41) is 0. The summed E-state index contributed by atoms with van der Waals surface area (Å²) in [5.74, 6) is 0.828. The maximum atomic E-state index is 12.6. The maximum Gasteiger partial charge on any atom is 0.344 e. The van der Waals surface area contributed by atoms with Crippen LogP contribution in [0.3, 0.4) is 0 Å². The van der Waals surface area contributed by atoms with E-state index < -0.39 is 14.9 Å². The number of benzene rings is 1. The van der Waals surface area contributed by atoms with Gasteiger partial charge in [0.25, 0.3) is 0 Å². The monoisotopic (exact) mass is 418 g/mol. The van der Waals surface area contributed by atoms with E-state index in [1.165, 1.54) is 0 Å². The quantitative estimate of drug-likeness (QED) is 0.191. The molecule has 0 heterocycles. The Bertz CT molecular complexity index is 768. The zero-order chi connectivity index (χ0) is 22.2. The van der Waals surface area contributed by atoms with Crippen molar-refractivity contribution in [3.8, 4) is 11.5 Å². The molecule has 0 aliphatic heterocycles. The molecule has 8 heteroatoms. The summed E-state index contributed by atoms with van der Waals surface area (Å²) in [6.45, 7) is 15.1.